The summed E-state index contributed by atoms with van der Waals surface area (Å²) in [5.74, 6) is 0.716. The van der Waals surface area contributed by atoms with Gasteiger partial charge in [0.25, 0.3) is 0 Å². The molecule has 3 rings (SSSR count). The van der Waals surface area contributed by atoms with Gasteiger partial charge in [-0.2, -0.15) is 10.1 Å². The molecule has 1 aromatic heterocycles. The highest BCUT2D eigenvalue weighted by Crippen LogP contribution is 2.34. The number of nitrogens with zero attached hydrogens (tertiary/aromatic N) is 3. The van der Waals surface area contributed by atoms with Crippen molar-refractivity contribution < 1.29 is 4.79 Å². The van der Waals surface area contributed by atoms with Crippen molar-refractivity contribution in [2.75, 3.05) is 5.32 Å². The third-order valence-corrected chi connectivity index (χ3v) is 3.88. The summed E-state index contributed by atoms with van der Waals surface area (Å²) < 4.78 is 1.77. The van der Waals surface area contributed by atoms with Gasteiger partial charge in [-0.3, -0.25) is 4.79 Å². The van der Waals surface area contributed by atoms with E-state index < -0.39 is 0 Å². The molecule has 0 bridgehead atoms. The molecule has 108 valence electrons. The van der Waals surface area contributed by atoms with Gasteiger partial charge in [-0.1, -0.05) is 31.2 Å². The van der Waals surface area contributed by atoms with Crippen molar-refractivity contribution in [3.05, 3.63) is 53.0 Å². The molecular formula is C16H18N4O. The number of rotatable bonds is 3. The fourth-order valence-electron chi connectivity index (χ4n) is 2.79. The van der Waals surface area contributed by atoms with E-state index in [1.807, 2.05) is 6.92 Å². The number of ketones is 1. The van der Waals surface area contributed by atoms with E-state index >= 15 is 0 Å². The van der Waals surface area contributed by atoms with E-state index in [1.165, 1.54) is 11.9 Å². The molecule has 2 aromatic rings. The Bertz CT molecular complexity index is 712. The monoisotopic (exact) mass is 282 g/mol. The van der Waals surface area contributed by atoms with Crippen LogP contribution in [0.4, 0.5) is 5.95 Å². The molecule has 0 aliphatic carbocycles. The lowest BCUT2D eigenvalue weighted by molar-refractivity contribution is -0.114. The van der Waals surface area contributed by atoms with E-state index in [0.29, 0.717) is 5.95 Å². The summed E-state index contributed by atoms with van der Waals surface area (Å²) >= 11 is 0. The molecule has 1 aliphatic heterocycles. The molecule has 0 saturated carbocycles. The summed E-state index contributed by atoms with van der Waals surface area (Å²) in [6.45, 7) is 5.62. The first-order valence-corrected chi connectivity index (χ1v) is 7.09. The van der Waals surface area contributed by atoms with Crippen LogP contribution in [0.15, 0.2) is 41.9 Å². The zero-order valence-electron chi connectivity index (χ0n) is 12.4. The maximum Gasteiger partial charge on any atom is 0.226 e. The number of aryl methyl sites for hydroxylation is 1. The van der Waals surface area contributed by atoms with Crippen LogP contribution in [0.5, 0.6) is 0 Å². The number of hydrogen-bond donors (Lipinski definition) is 1. The van der Waals surface area contributed by atoms with Crippen molar-refractivity contribution in [1.29, 1.82) is 0 Å². The summed E-state index contributed by atoms with van der Waals surface area (Å²) in [6, 6.07) is 8.11. The van der Waals surface area contributed by atoms with Crippen molar-refractivity contribution in [1.82, 2.24) is 14.8 Å². The van der Waals surface area contributed by atoms with Crippen LogP contribution in [0, 0.1) is 0 Å². The second-order valence-corrected chi connectivity index (χ2v) is 5.25. The predicted molar refractivity (Wildman–Crippen MR) is 81.0 cm³/mol. The predicted octanol–water partition coefficient (Wildman–Crippen LogP) is 2.72. The van der Waals surface area contributed by atoms with Crippen molar-refractivity contribution >= 4 is 11.7 Å². The SMILES string of the molecule is CCc1ccc(C2C(C(C)=O)=C(C)Nc3ncnn32)cc1. The summed E-state index contributed by atoms with van der Waals surface area (Å²) in [7, 11) is 0. The first kappa shape index (κ1) is 13.5. The minimum absolute atomic E-state index is 0.0470. The van der Waals surface area contributed by atoms with Gasteiger partial charge in [0, 0.05) is 11.3 Å². The fourth-order valence-corrected chi connectivity index (χ4v) is 2.79. The van der Waals surface area contributed by atoms with Gasteiger partial charge in [0.1, 0.15) is 12.4 Å². The number of Topliss-reactive ketones (excluding diaryl/α,β-unsaturated/α-hetero) is 1. The van der Waals surface area contributed by atoms with Gasteiger partial charge < -0.3 is 5.32 Å². The number of hydrogen-bond acceptors (Lipinski definition) is 4. The quantitative estimate of drug-likeness (QED) is 0.940. The minimum Gasteiger partial charge on any atom is -0.328 e. The van der Waals surface area contributed by atoms with Crippen molar-refractivity contribution in [2.45, 2.75) is 33.2 Å². The van der Waals surface area contributed by atoms with Crippen LogP contribution in [0.2, 0.25) is 0 Å². The number of carbonyl (C=O) groups is 1. The van der Waals surface area contributed by atoms with Gasteiger partial charge in [-0.05, 0) is 31.4 Å². The van der Waals surface area contributed by atoms with Crippen LogP contribution in [0.1, 0.15) is 37.9 Å². The van der Waals surface area contributed by atoms with E-state index in [2.05, 4.69) is 46.6 Å². The number of anilines is 1. The highest BCUT2D eigenvalue weighted by atomic mass is 16.1. The standard InChI is InChI=1S/C16H18N4O/c1-4-12-5-7-13(8-6-12)15-14(11(3)21)10(2)19-16-17-9-18-20(15)16/h5-9,15H,4H2,1-3H3,(H,17,18,19). The van der Waals surface area contributed by atoms with Crippen molar-refractivity contribution in [3.8, 4) is 0 Å². The topological polar surface area (TPSA) is 59.8 Å². The molecule has 1 N–H and O–H groups in total. The van der Waals surface area contributed by atoms with E-state index in [-0.39, 0.29) is 11.8 Å². The Balaban J connectivity index is 2.14. The first-order chi connectivity index (χ1) is 10.1. The van der Waals surface area contributed by atoms with Crippen LogP contribution in [0.25, 0.3) is 0 Å². The number of fused-ring (bicyclic) bond motifs is 1. The number of aromatic nitrogens is 3. The second kappa shape index (κ2) is 5.16. The zero-order chi connectivity index (χ0) is 15.0. The number of carbonyl (C=O) groups excluding carboxylic acids is 1. The molecule has 0 saturated heterocycles. The Labute approximate surface area is 123 Å². The Hall–Kier alpha value is -2.43. The lowest BCUT2D eigenvalue weighted by Crippen LogP contribution is -2.27. The minimum atomic E-state index is -0.216. The molecule has 0 radical (unpaired) electrons. The highest BCUT2D eigenvalue weighted by molar-refractivity contribution is 5.96. The lowest BCUT2D eigenvalue weighted by Gasteiger charge is -2.28. The van der Waals surface area contributed by atoms with E-state index in [0.717, 1.165) is 23.3 Å². The normalized spacial score (nSPS) is 17.4. The smallest absolute Gasteiger partial charge is 0.226 e. The van der Waals surface area contributed by atoms with Crippen LogP contribution in [-0.4, -0.2) is 20.5 Å². The van der Waals surface area contributed by atoms with E-state index in [9.17, 15) is 4.79 Å². The molecule has 0 amide bonds. The molecule has 1 aliphatic rings. The Kier molecular flexibility index (Phi) is 3.33. The molecule has 0 fully saturated rings. The molecule has 5 nitrogen and oxygen atoms in total. The summed E-state index contributed by atoms with van der Waals surface area (Å²) in [5, 5.41) is 7.42. The Morgan fingerprint density at radius 1 is 1.33 bits per heavy atom. The summed E-state index contributed by atoms with van der Waals surface area (Å²) in [6.07, 6.45) is 2.50. The summed E-state index contributed by atoms with van der Waals surface area (Å²) in [4.78, 5) is 16.3. The maximum absolute atomic E-state index is 12.1. The Morgan fingerprint density at radius 2 is 2.05 bits per heavy atom. The number of nitrogens with one attached hydrogen (secondary N) is 1. The molecule has 1 unspecified atom stereocenters. The molecular weight excluding hydrogens is 264 g/mol. The Morgan fingerprint density at radius 3 is 2.67 bits per heavy atom. The lowest BCUT2D eigenvalue weighted by atomic mass is 9.92. The van der Waals surface area contributed by atoms with Crippen LogP contribution >= 0.6 is 0 Å². The van der Waals surface area contributed by atoms with Crippen molar-refractivity contribution in [3.63, 3.8) is 0 Å². The number of allylic oxidation sites excluding steroid dienone is 2. The van der Waals surface area contributed by atoms with Gasteiger partial charge in [0.15, 0.2) is 5.78 Å². The first-order valence-electron chi connectivity index (χ1n) is 7.09. The van der Waals surface area contributed by atoms with E-state index in [4.69, 9.17) is 0 Å². The van der Waals surface area contributed by atoms with Crippen LogP contribution in [-0.2, 0) is 11.2 Å². The van der Waals surface area contributed by atoms with Crippen LogP contribution < -0.4 is 5.32 Å². The van der Waals surface area contributed by atoms with E-state index in [1.54, 1.807) is 11.6 Å². The molecule has 1 aromatic carbocycles. The molecule has 2 heterocycles. The van der Waals surface area contributed by atoms with Gasteiger partial charge in [0.2, 0.25) is 5.95 Å². The third-order valence-electron chi connectivity index (χ3n) is 3.88. The third kappa shape index (κ3) is 2.24. The van der Waals surface area contributed by atoms with Gasteiger partial charge in [0.05, 0.1) is 0 Å². The summed E-state index contributed by atoms with van der Waals surface area (Å²) in [5.41, 5.74) is 3.89. The van der Waals surface area contributed by atoms with Gasteiger partial charge >= 0.3 is 0 Å². The van der Waals surface area contributed by atoms with Crippen LogP contribution in [0.3, 0.4) is 0 Å². The zero-order valence-corrected chi connectivity index (χ0v) is 12.4. The highest BCUT2D eigenvalue weighted by Gasteiger charge is 2.31. The average Bonchev–Trinajstić information content (AvgIpc) is 2.93. The maximum atomic E-state index is 12.1. The van der Waals surface area contributed by atoms with Crippen molar-refractivity contribution in [2.24, 2.45) is 0 Å². The average molecular weight is 282 g/mol. The largest absolute Gasteiger partial charge is 0.328 e. The molecule has 0 spiro atoms. The molecule has 21 heavy (non-hydrogen) atoms. The number of benzene rings is 1. The molecule has 1 atom stereocenters. The fraction of sp³-hybridized carbons (Fsp3) is 0.312. The second-order valence-electron chi connectivity index (χ2n) is 5.25. The van der Waals surface area contributed by atoms with Gasteiger partial charge in [-0.25, -0.2) is 4.68 Å². The molecule has 5 heteroatoms. The van der Waals surface area contributed by atoms with Gasteiger partial charge in [-0.15, -0.1) is 0 Å².